The average molecular weight is 414 g/mol. The lowest BCUT2D eigenvalue weighted by atomic mass is 9.95. The van der Waals surface area contributed by atoms with Crippen LogP contribution in [-0.2, 0) is 16.1 Å². The van der Waals surface area contributed by atoms with Gasteiger partial charge in [-0.05, 0) is 50.2 Å². The third-order valence-electron chi connectivity index (χ3n) is 5.89. The summed E-state index contributed by atoms with van der Waals surface area (Å²) in [7, 11) is 0. The van der Waals surface area contributed by atoms with Crippen LogP contribution in [0.25, 0.3) is 11.4 Å². The number of nitrogens with one attached hydrogen (secondary N) is 2. The molecule has 2 aliphatic carbocycles. The summed E-state index contributed by atoms with van der Waals surface area (Å²) in [5.41, 5.74) is 1.60. The van der Waals surface area contributed by atoms with E-state index >= 15 is 0 Å². The maximum Gasteiger partial charge on any atom is 0.230 e. The summed E-state index contributed by atoms with van der Waals surface area (Å²) in [5.74, 6) is 2.53. The van der Waals surface area contributed by atoms with Crippen molar-refractivity contribution in [2.24, 2.45) is 11.8 Å². The van der Waals surface area contributed by atoms with Crippen LogP contribution in [0, 0.1) is 11.8 Å². The highest BCUT2D eigenvalue weighted by molar-refractivity contribution is 7.99. The molecule has 2 fully saturated rings. The molecular weight excluding hydrogens is 386 g/mol. The number of hydrogen-bond donors (Lipinski definition) is 2. The zero-order valence-electron chi connectivity index (χ0n) is 16.9. The summed E-state index contributed by atoms with van der Waals surface area (Å²) in [4.78, 5) is 23.8. The molecule has 29 heavy (non-hydrogen) atoms. The predicted octanol–water partition coefficient (Wildman–Crippen LogP) is 3.32. The number of amides is 2. The van der Waals surface area contributed by atoms with E-state index < -0.39 is 0 Å². The molecule has 2 bridgehead atoms. The van der Waals surface area contributed by atoms with Gasteiger partial charge in [0.25, 0.3) is 0 Å². The molecule has 2 saturated carbocycles. The number of carbonyl (C=O) groups is 2. The SMILES string of the molecule is CCn1c(SCC(=O)N[C@@H]2C[C@@H]3CC[C@@H]2C3)nnc1-c1cccc(NC(C)=O)c1. The number of anilines is 1. The maximum atomic E-state index is 12.4. The largest absolute Gasteiger partial charge is 0.352 e. The van der Waals surface area contributed by atoms with Crippen molar-refractivity contribution in [3.8, 4) is 11.4 Å². The van der Waals surface area contributed by atoms with Crippen molar-refractivity contribution in [3.05, 3.63) is 24.3 Å². The van der Waals surface area contributed by atoms with E-state index in [0.29, 0.717) is 24.3 Å². The maximum absolute atomic E-state index is 12.4. The highest BCUT2D eigenvalue weighted by atomic mass is 32.2. The lowest BCUT2D eigenvalue weighted by Gasteiger charge is -2.22. The van der Waals surface area contributed by atoms with Crippen LogP contribution < -0.4 is 10.6 Å². The molecule has 3 atom stereocenters. The summed E-state index contributed by atoms with van der Waals surface area (Å²) < 4.78 is 2.00. The van der Waals surface area contributed by atoms with Gasteiger partial charge in [-0.15, -0.1) is 10.2 Å². The molecule has 7 nitrogen and oxygen atoms in total. The molecule has 0 unspecified atom stereocenters. The van der Waals surface area contributed by atoms with Gasteiger partial charge >= 0.3 is 0 Å². The molecule has 0 spiro atoms. The molecule has 1 heterocycles. The molecule has 2 aromatic rings. The van der Waals surface area contributed by atoms with Crippen LogP contribution in [0.3, 0.4) is 0 Å². The van der Waals surface area contributed by atoms with Gasteiger partial charge in [-0.3, -0.25) is 9.59 Å². The fourth-order valence-electron chi connectivity index (χ4n) is 4.63. The number of hydrogen-bond acceptors (Lipinski definition) is 5. The second-order valence-corrected chi connectivity index (χ2v) is 8.89. The first-order valence-electron chi connectivity index (χ1n) is 10.3. The Morgan fingerprint density at radius 3 is 2.79 bits per heavy atom. The monoisotopic (exact) mass is 413 g/mol. The number of benzene rings is 1. The summed E-state index contributed by atoms with van der Waals surface area (Å²) in [6, 6.07) is 7.90. The second-order valence-electron chi connectivity index (χ2n) is 7.95. The van der Waals surface area contributed by atoms with E-state index in [0.717, 1.165) is 34.6 Å². The summed E-state index contributed by atoms with van der Waals surface area (Å²) >= 11 is 1.42. The Kier molecular flexibility index (Phi) is 5.89. The molecule has 0 saturated heterocycles. The zero-order valence-corrected chi connectivity index (χ0v) is 17.7. The van der Waals surface area contributed by atoms with Gasteiger partial charge in [0, 0.05) is 30.8 Å². The van der Waals surface area contributed by atoms with Gasteiger partial charge in [0.05, 0.1) is 5.75 Å². The van der Waals surface area contributed by atoms with Crippen LogP contribution in [-0.4, -0.2) is 38.4 Å². The third-order valence-corrected chi connectivity index (χ3v) is 6.86. The molecule has 2 N–H and O–H groups in total. The topological polar surface area (TPSA) is 88.9 Å². The quantitative estimate of drug-likeness (QED) is 0.680. The van der Waals surface area contributed by atoms with Crippen molar-refractivity contribution >= 4 is 29.3 Å². The Morgan fingerprint density at radius 1 is 1.24 bits per heavy atom. The average Bonchev–Trinajstić information content (AvgIpc) is 3.41. The first kappa shape index (κ1) is 19.9. The van der Waals surface area contributed by atoms with Gasteiger partial charge in [-0.2, -0.15) is 0 Å². The molecule has 154 valence electrons. The van der Waals surface area contributed by atoms with Crippen molar-refractivity contribution in [2.75, 3.05) is 11.1 Å². The van der Waals surface area contributed by atoms with Crippen LogP contribution in [0.5, 0.6) is 0 Å². The van der Waals surface area contributed by atoms with E-state index in [1.807, 2.05) is 35.8 Å². The first-order chi connectivity index (χ1) is 14.0. The van der Waals surface area contributed by atoms with Crippen molar-refractivity contribution in [2.45, 2.75) is 57.3 Å². The summed E-state index contributed by atoms with van der Waals surface area (Å²) in [5, 5.41) is 15.4. The van der Waals surface area contributed by atoms with E-state index in [2.05, 4.69) is 20.8 Å². The minimum absolute atomic E-state index is 0.0763. The van der Waals surface area contributed by atoms with Gasteiger partial charge in [0.1, 0.15) is 0 Å². The number of fused-ring (bicyclic) bond motifs is 2. The Labute approximate surface area is 175 Å². The number of nitrogens with zero attached hydrogens (tertiary/aromatic N) is 3. The molecule has 1 aromatic heterocycles. The molecule has 0 aliphatic heterocycles. The first-order valence-corrected chi connectivity index (χ1v) is 11.3. The van der Waals surface area contributed by atoms with Gasteiger partial charge in [0.15, 0.2) is 11.0 Å². The Hall–Kier alpha value is -2.35. The predicted molar refractivity (Wildman–Crippen MR) is 114 cm³/mol. The summed E-state index contributed by atoms with van der Waals surface area (Å²) in [6.07, 6.45) is 5.01. The van der Waals surface area contributed by atoms with Gasteiger partial charge in [0.2, 0.25) is 11.8 Å². The van der Waals surface area contributed by atoms with Crippen molar-refractivity contribution in [1.29, 1.82) is 0 Å². The standard InChI is InChI=1S/C21H27N5O2S/c1-3-26-20(16-5-4-6-17(11-16)22-13(2)27)24-25-21(26)29-12-19(28)23-18-10-14-7-8-15(18)9-14/h4-6,11,14-15,18H,3,7-10,12H2,1-2H3,(H,22,27)(H,23,28)/t14-,15-,18-/m1/s1. The van der Waals surface area contributed by atoms with E-state index in [1.165, 1.54) is 37.9 Å². The smallest absolute Gasteiger partial charge is 0.230 e. The normalized spacial score (nSPS) is 22.6. The minimum Gasteiger partial charge on any atom is -0.352 e. The van der Waals surface area contributed by atoms with Crippen LogP contribution in [0.4, 0.5) is 5.69 Å². The number of rotatable bonds is 7. The fourth-order valence-corrected chi connectivity index (χ4v) is 5.45. The second kappa shape index (κ2) is 8.57. The highest BCUT2D eigenvalue weighted by Crippen LogP contribution is 2.44. The Morgan fingerprint density at radius 2 is 2.10 bits per heavy atom. The lowest BCUT2D eigenvalue weighted by molar-refractivity contribution is -0.119. The Bertz CT molecular complexity index is 912. The van der Waals surface area contributed by atoms with Gasteiger partial charge < -0.3 is 15.2 Å². The van der Waals surface area contributed by atoms with E-state index in [-0.39, 0.29) is 11.8 Å². The van der Waals surface area contributed by atoms with Crippen molar-refractivity contribution in [1.82, 2.24) is 20.1 Å². The lowest BCUT2D eigenvalue weighted by Crippen LogP contribution is -2.39. The van der Waals surface area contributed by atoms with Crippen LogP contribution in [0.1, 0.15) is 39.5 Å². The van der Waals surface area contributed by atoms with E-state index in [9.17, 15) is 9.59 Å². The molecule has 2 amide bonds. The van der Waals surface area contributed by atoms with Crippen LogP contribution >= 0.6 is 11.8 Å². The zero-order chi connectivity index (χ0) is 20.4. The molecule has 1 aromatic carbocycles. The molecule has 8 heteroatoms. The number of thioether (sulfide) groups is 1. The third kappa shape index (κ3) is 4.47. The van der Waals surface area contributed by atoms with Crippen LogP contribution in [0.2, 0.25) is 0 Å². The summed E-state index contributed by atoms with van der Waals surface area (Å²) in [6.45, 7) is 4.21. The molecule has 4 rings (SSSR count). The van der Waals surface area contributed by atoms with Crippen molar-refractivity contribution in [3.63, 3.8) is 0 Å². The Balaban J connectivity index is 1.41. The number of aromatic nitrogens is 3. The van der Waals surface area contributed by atoms with Gasteiger partial charge in [-0.25, -0.2) is 0 Å². The molecular formula is C21H27N5O2S. The van der Waals surface area contributed by atoms with E-state index in [4.69, 9.17) is 0 Å². The molecule has 0 radical (unpaired) electrons. The highest BCUT2D eigenvalue weighted by Gasteiger charge is 2.40. The minimum atomic E-state index is -0.114. The fraction of sp³-hybridized carbons (Fsp3) is 0.524. The van der Waals surface area contributed by atoms with Gasteiger partial charge in [-0.1, -0.05) is 30.3 Å². The molecule has 2 aliphatic rings. The van der Waals surface area contributed by atoms with Crippen LogP contribution in [0.15, 0.2) is 29.4 Å². The van der Waals surface area contributed by atoms with E-state index in [1.54, 1.807) is 0 Å². The van der Waals surface area contributed by atoms with Crippen molar-refractivity contribution < 1.29 is 9.59 Å². The number of carbonyl (C=O) groups excluding carboxylic acids is 2.